The fourth-order valence-corrected chi connectivity index (χ4v) is 17.0. The van der Waals surface area contributed by atoms with Gasteiger partial charge in [-0.2, -0.15) is 0 Å². The number of primary amides is 1. The number of benzene rings is 8. The number of carbonyl (C=O) groups excluding carboxylic acids is 8. The molecule has 18 atom stereocenters. The first kappa shape index (κ1) is 93.8. The molecule has 0 aromatic heterocycles. The molecule has 0 aliphatic carbocycles. The van der Waals surface area contributed by atoms with Crippen LogP contribution in [0.15, 0.2) is 146 Å². The van der Waals surface area contributed by atoms with E-state index in [1.165, 1.54) is 35.5 Å². The van der Waals surface area contributed by atoms with Crippen molar-refractivity contribution in [1.29, 1.82) is 0 Å². The molecule has 7 aliphatic heterocycles. The number of nitrogens with zero attached hydrogens (tertiary/aromatic N) is 1. The van der Waals surface area contributed by atoms with E-state index in [1.807, 2.05) is 26.0 Å². The maximum atomic E-state index is 16.3. The Hall–Kier alpha value is -11.9. The summed E-state index contributed by atoms with van der Waals surface area (Å²) < 4.78 is 40.3. The summed E-state index contributed by atoms with van der Waals surface area (Å²) in [5.74, 6) is -16.5. The molecule has 680 valence electrons. The van der Waals surface area contributed by atoms with Crippen LogP contribution in [-0.2, 0) is 65.7 Å². The van der Waals surface area contributed by atoms with Gasteiger partial charge < -0.3 is 138 Å². The van der Waals surface area contributed by atoms with Crippen molar-refractivity contribution in [3.05, 3.63) is 200 Å². The lowest BCUT2D eigenvalue weighted by atomic mass is 9.84. The van der Waals surface area contributed by atoms with Crippen LogP contribution in [0.4, 0.5) is 0 Å². The van der Waals surface area contributed by atoms with Gasteiger partial charge in [-0.25, -0.2) is 4.79 Å². The maximum Gasteiger partial charge on any atom is 0.330 e. The number of halogens is 2. The number of hydrogen-bond acceptors (Lipinski definition) is 26. The number of carboxylic acids is 1. The van der Waals surface area contributed by atoms with Crippen LogP contribution in [-0.4, -0.2) is 229 Å². The Kier molecular flexibility index (Phi) is 28.9. The highest BCUT2D eigenvalue weighted by atomic mass is 35.5. The van der Waals surface area contributed by atoms with Gasteiger partial charge in [-0.05, 0) is 139 Å². The minimum absolute atomic E-state index is 0.112. The van der Waals surface area contributed by atoms with Crippen LogP contribution >= 0.6 is 23.2 Å². The van der Waals surface area contributed by atoms with Gasteiger partial charge in [0, 0.05) is 65.4 Å². The normalized spacial score (nSPS) is 25.8. The van der Waals surface area contributed by atoms with Crippen LogP contribution in [0.3, 0.4) is 0 Å². The highest BCUT2D eigenvalue weighted by Crippen LogP contribution is 2.50. The summed E-state index contributed by atoms with van der Waals surface area (Å²) >= 11 is 14.3. The third kappa shape index (κ3) is 20.9. The Morgan fingerprint density at radius 1 is 0.688 bits per heavy atom. The number of aliphatic hydroxyl groups excluding tert-OH is 6. The summed E-state index contributed by atoms with van der Waals surface area (Å²) in [5, 5.41) is 143. The number of ether oxygens (including phenoxy) is 6. The van der Waals surface area contributed by atoms with Crippen LogP contribution in [0.2, 0.25) is 10.0 Å². The van der Waals surface area contributed by atoms with Gasteiger partial charge in [-0.1, -0.05) is 110 Å². The number of phenolic OH excluding ortho intramolecular Hbond substituents is 3. The van der Waals surface area contributed by atoms with Crippen LogP contribution in [0.25, 0.3) is 21.9 Å². The summed E-state index contributed by atoms with van der Waals surface area (Å²) in [5.41, 5.74) is 3.92. The van der Waals surface area contributed by atoms with E-state index in [1.54, 1.807) is 38.1 Å². The van der Waals surface area contributed by atoms with E-state index >= 15 is 24.0 Å². The van der Waals surface area contributed by atoms with Crippen LogP contribution in [0, 0.1) is 5.92 Å². The van der Waals surface area contributed by atoms with Crippen molar-refractivity contribution in [3.8, 4) is 57.1 Å². The molecule has 0 unspecified atom stereocenters. The van der Waals surface area contributed by atoms with Gasteiger partial charge in [0.05, 0.1) is 62.0 Å². The van der Waals surface area contributed by atoms with Gasteiger partial charge in [0.1, 0.15) is 96.0 Å². The number of fused-ring (bicyclic) bond motifs is 16. The maximum absolute atomic E-state index is 16.3. The molecule has 7 aliphatic rings. The Morgan fingerprint density at radius 3 is 1.98 bits per heavy atom. The Balaban J connectivity index is 0.892. The van der Waals surface area contributed by atoms with Crippen LogP contribution in [0.1, 0.15) is 133 Å². The number of likely N-dealkylation sites (N-methyl/N-ethyl adjacent to an activating group) is 1. The molecule has 8 aromatic rings. The Labute approximate surface area is 743 Å². The molecule has 2 fully saturated rings. The summed E-state index contributed by atoms with van der Waals surface area (Å²) in [6.45, 7) is 8.00. The van der Waals surface area contributed by atoms with Crippen molar-refractivity contribution in [3.63, 3.8) is 0 Å². The third-order valence-electron chi connectivity index (χ3n) is 23.4. The zero-order chi connectivity index (χ0) is 92.2. The van der Waals surface area contributed by atoms with Gasteiger partial charge in [-0.15, -0.1) is 0 Å². The van der Waals surface area contributed by atoms with Crippen molar-refractivity contribution in [2.45, 2.75) is 176 Å². The molecule has 0 spiro atoms. The van der Waals surface area contributed by atoms with Gasteiger partial charge in [-0.3, -0.25) is 38.4 Å². The highest BCUT2D eigenvalue weighted by molar-refractivity contribution is 6.32. The molecule has 8 amide bonds. The SMILES string of the molecule is CN[C@H](CC(C)C)C(=O)N[C@H]1C(=O)N[C@@H](CC(N)=O)C(=O)N[C@H]2C(=O)N[C@H]3C(=O)N[C@H](C(=O)N[C@H](C(=O)O)c4cc(O)cc(O)c4-c4cc3ccc4O)[C@H](O)c3ccc(c(Cl)c3)Oc3cc2cc(c3O[C@@H]2O[C@H](CO)[C@@H](O)[C@H](O)[C@H]2O[C@H]2C[C@](C)(NCc3ccc(C(=O)NCCC[N+](C)(C)Cc4cccc5ccccc45)cc3)[C@H](O)[C@H](C)O2)Oc2ccc(cc2Cl)[C@H]1O. The number of aliphatic hydroxyl groups is 6. The molecule has 0 radical (unpaired) electrons. The number of aromatic hydroxyl groups is 3. The second-order valence-electron chi connectivity index (χ2n) is 33.7. The molecule has 21 N–H and O–H groups in total. The van der Waals surface area contributed by atoms with E-state index in [9.17, 15) is 70.2 Å². The smallest absolute Gasteiger partial charge is 0.330 e. The predicted octanol–water partition coefficient (Wildman–Crippen LogP) is 4.49. The minimum Gasteiger partial charge on any atom is -0.508 e. The van der Waals surface area contributed by atoms with Crippen molar-refractivity contribution < 1.29 is 127 Å². The summed E-state index contributed by atoms with van der Waals surface area (Å²) in [6.07, 6.45) is -18.3. The zero-order valence-electron chi connectivity index (χ0n) is 70.5. The molecule has 38 heteroatoms. The van der Waals surface area contributed by atoms with E-state index in [4.69, 9.17) is 57.4 Å². The van der Waals surface area contributed by atoms with E-state index in [-0.39, 0.29) is 58.7 Å². The number of aliphatic carboxylic acids is 1. The fourth-order valence-electron chi connectivity index (χ4n) is 16.5. The zero-order valence-corrected chi connectivity index (χ0v) is 72.0. The number of carboxylic acid groups (broad SMARTS) is 1. The lowest BCUT2D eigenvalue weighted by Gasteiger charge is -2.48. The minimum atomic E-state index is -2.38. The Morgan fingerprint density at radius 2 is 1.33 bits per heavy atom. The second-order valence-corrected chi connectivity index (χ2v) is 34.6. The summed E-state index contributed by atoms with van der Waals surface area (Å²) in [4.78, 5) is 132. The number of nitrogens with one attached hydrogen (secondary N) is 9. The molecule has 128 heavy (non-hydrogen) atoms. The molecule has 15 rings (SSSR count). The number of quaternary nitrogens is 1. The molecule has 11 bridgehead atoms. The monoisotopic (exact) mass is 1810 g/mol. The number of carbonyl (C=O) groups is 9. The topological polar surface area (TPSA) is 546 Å². The average molecular weight is 1810 g/mol. The van der Waals surface area contributed by atoms with Gasteiger partial charge in [0.2, 0.25) is 53.4 Å². The molecule has 2 saturated heterocycles. The van der Waals surface area contributed by atoms with Crippen molar-refractivity contribution in [2.24, 2.45) is 11.7 Å². The summed E-state index contributed by atoms with van der Waals surface area (Å²) in [7, 11) is 5.78. The number of nitrogens with two attached hydrogens (primary N) is 1. The molecular formula is C90H102Cl2N11O25+. The molecular weight excluding hydrogens is 1710 g/mol. The van der Waals surface area contributed by atoms with Crippen molar-refractivity contribution in [2.75, 3.05) is 40.8 Å². The molecule has 7 heterocycles. The van der Waals surface area contributed by atoms with Gasteiger partial charge >= 0.3 is 5.97 Å². The first-order valence-corrected chi connectivity index (χ1v) is 42.1. The van der Waals surface area contributed by atoms with Gasteiger partial charge in [0.25, 0.3) is 5.91 Å². The lowest BCUT2D eigenvalue weighted by Crippen LogP contribution is -2.65. The lowest BCUT2D eigenvalue weighted by molar-refractivity contribution is -0.903. The average Bonchev–Trinajstić information content (AvgIpc) is 0.763. The third-order valence-corrected chi connectivity index (χ3v) is 23.9. The van der Waals surface area contributed by atoms with E-state index < -0.39 is 237 Å². The van der Waals surface area contributed by atoms with E-state index in [0.29, 0.717) is 28.6 Å². The largest absolute Gasteiger partial charge is 0.508 e. The highest BCUT2D eigenvalue weighted by Gasteiger charge is 2.52. The molecule has 36 nitrogen and oxygen atoms in total. The fraction of sp³-hybridized carbons (Fsp3) is 0.389. The van der Waals surface area contributed by atoms with Crippen molar-refractivity contribution in [1.82, 2.24) is 47.9 Å². The molecule has 8 aromatic carbocycles. The predicted molar refractivity (Wildman–Crippen MR) is 460 cm³/mol. The Bertz CT molecular complexity index is 5550. The number of amides is 8. The first-order chi connectivity index (χ1) is 60.8. The number of rotatable bonds is 23. The van der Waals surface area contributed by atoms with E-state index in [0.717, 1.165) is 79.8 Å². The standard InChI is InChI=1S/C90H101Cl2N11O25/c1-41(2)28-57(94-5)82(115)101-72-74(109)47-21-24-61(55(91)30-47)124-63-32-50-33-64(78(63)128-89-79(77(112)76(111)65(40-104)126-89)127-67-37-90(4,80(113)42(3)123-67)96-38-43-16-18-45(19-17-43)81(114)95-26-11-27-103(6,7)39-49-14-10-13-44-12-8-9-15-52(44)49)125-62-25-22-48(31-56(62)92)75(110)73-87(120)100-71(88(121)122)54-34-51(105)35-60(107)68(54)53-29-46(20-23-59(53)106)69(84(117)102-73)99-85(118)70(50)98-83(116)58(36-66(93)108)97-86(72)119/h8-10,12-25,29-35,41-42,57-58,65,67,69-77,79-80,89,94,96,104,109-113H,11,26-28,36-40H2,1-7H3,(H12-,93,95,97,98,99,100,101,102,105,106,107,108,114,115,116,117,118,119,120,121,122)/p+1/t42-,57+,58-,65+,67-,69+,70+,71-,72+,73-,74+,75+,76+,77-,79+,80+,89-,90-/m0/s1. The number of hydrogen-bond donors (Lipinski definition) is 20. The first-order valence-electron chi connectivity index (χ1n) is 41.4. The van der Waals surface area contributed by atoms with Gasteiger partial charge in [0.15, 0.2) is 29.9 Å². The van der Waals surface area contributed by atoms with Crippen molar-refractivity contribution >= 4 is 87.2 Å². The number of phenols is 3. The van der Waals surface area contributed by atoms with Crippen LogP contribution < -0.4 is 67.8 Å². The summed E-state index contributed by atoms with van der Waals surface area (Å²) in [6, 6.07) is 20.6. The van der Waals surface area contributed by atoms with E-state index in [2.05, 4.69) is 92.3 Å². The second kappa shape index (κ2) is 39.4. The quantitative estimate of drug-likeness (QED) is 0.0310. The van der Waals surface area contributed by atoms with Crippen LogP contribution in [0.5, 0.6) is 46.0 Å². The molecule has 0 saturated carbocycles.